The molecule has 5 rings (SSSR count). The van der Waals surface area contributed by atoms with E-state index >= 15 is 0 Å². The molecular weight excluding hydrogens is 417 g/mol. The third-order valence-electron chi connectivity index (χ3n) is 6.50. The Labute approximate surface area is 186 Å². The van der Waals surface area contributed by atoms with Crippen LogP contribution in [0.3, 0.4) is 0 Å². The lowest BCUT2D eigenvalue weighted by atomic mass is 9.82. The summed E-state index contributed by atoms with van der Waals surface area (Å²) in [6, 6.07) is 18.1. The first-order valence-electron chi connectivity index (χ1n) is 10.3. The molecule has 2 aliphatic heterocycles. The zero-order valence-corrected chi connectivity index (χ0v) is 18.0. The number of nitrogens with zero attached hydrogens (tertiary/aromatic N) is 3. The van der Waals surface area contributed by atoms with E-state index in [2.05, 4.69) is 27.0 Å². The second-order valence-corrected chi connectivity index (χ2v) is 9.10. The van der Waals surface area contributed by atoms with Gasteiger partial charge in [-0.2, -0.15) is 0 Å². The molecule has 1 unspecified atom stereocenters. The van der Waals surface area contributed by atoms with E-state index in [0.29, 0.717) is 18.7 Å². The predicted molar refractivity (Wildman–Crippen MR) is 119 cm³/mol. The number of hydrogen-bond acceptors (Lipinski definition) is 4. The fourth-order valence-corrected chi connectivity index (χ4v) is 5.76. The second-order valence-electron chi connectivity index (χ2n) is 8.29. The Kier molecular flexibility index (Phi) is 5.28. The Morgan fingerprint density at radius 1 is 0.833 bits per heavy atom. The minimum Gasteiger partial charge on any atom is -0.382 e. The van der Waals surface area contributed by atoms with E-state index in [1.165, 1.54) is 0 Å². The van der Waals surface area contributed by atoms with Crippen molar-refractivity contribution in [3.8, 4) is 0 Å². The largest absolute Gasteiger partial charge is 0.382 e. The molecule has 3 atom stereocenters. The van der Waals surface area contributed by atoms with Crippen LogP contribution in [0.1, 0.15) is 48.7 Å². The van der Waals surface area contributed by atoms with Crippen LogP contribution in [0.5, 0.6) is 0 Å². The zero-order valence-electron chi connectivity index (χ0n) is 16.5. The molecule has 154 valence electrons. The first-order chi connectivity index (χ1) is 14.6. The number of benzene rings is 2. The Morgan fingerprint density at radius 3 is 1.83 bits per heavy atom. The number of aromatic nitrogens is 2. The summed E-state index contributed by atoms with van der Waals surface area (Å²) in [6.45, 7) is 0. The van der Waals surface area contributed by atoms with Crippen molar-refractivity contribution in [3.05, 3.63) is 94.0 Å². The molecule has 2 fully saturated rings. The topological polar surface area (TPSA) is 49.3 Å². The van der Waals surface area contributed by atoms with Gasteiger partial charge in [0.15, 0.2) is 5.82 Å². The summed E-state index contributed by atoms with van der Waals surface area (Å²) in [4.78, 5) is 11.2. The Morgan fingerprint density at radius 2 is 1.33 bits per heavy atom. The summed E-state index contributed by atoms with van der Waals surface area (Å²) in [6.07, 6.45) is 6.63. The third kappa shape index (κ3) is 3.42. The van der Waals surface area contributed by atoms with Gasteiger partial charge in [0.05, 0.1) is 6.04 Å². The predicted octanol–water partition coefficient (Wildman–Crippen LogP) is 5.39. The smallest absolute Gasteiger partial charge is 0.160 e. The van der Waals surface area contributed by atoms with Gasteiger partial charge >= 0.3 is 0 Å². The Balaban J connectivity index is 1.57. The molecule has 3 aromatic rings. The van der Waals surface area contributed by atoms with Crippen LogP contribution >= 0.6 is 23.2 Å². The molecule has 4 nitrogen and oxygen atoms in total. The third-order valence-corrected chi connectivity index (χ3v) is 7.19. The molecule has 2 saturated heterocycles. The van der Waals surface area contributed by atoms with E-state index in [0.717, 1.165) is 34.0 Å². The van der Waals surface area contributed by atoms with Crippen LogP contribution in [0.4, 0.5) is 0 Å². The first kappa shape index (κ1) is 20.0. The number of halogens is 2. The summed E-state index contributed by atoms with van der Waals surface area (Å²) in [5.74, 6) is 0.522. The van der Waals surface area contributed by atoms with Crippen LogP contribution in [-0.2, 0) is 5.60 Å². The van der Waals surface area contributed by atoms with Crippen molar-refractivity contribution in [2.24, 2.45) is 0 Å². The van der Waals surface area contributed by atoms with Gasteiger partial charge in [-0.25, -0.2) is 9.97 Å². The quantitative estimate of drug-likeness (QED) is 0.591. The SMILES string of the molecule is OC1(c2ncccn2)C[C@H]2CC[C@@H](C1)N2C(c1ccccc1Cl)c1ccccc1Cl. The molecule has 1 aromatic heterocycles. The van der Waals surface area contributed by atoms with Crippen molar-refractivity contribution in [2.75, 3.05) is 0 Å². The highest BCUT2D eigenvalue weighted by atomic mass is 35.5. The van der Waals surface area contributed by atoms with Gasteiger partial charge < -0.3 is 5.11 Å². The maximum Gasteiger partial charge on any atom is 0.160 e. The fraction of sp³-hybridized carbons (Fsp3) is 0.333. The molecule has 2 bridgehead atoms. The van der Waals surface area contributed by atoms with Crippen LogP contribution in [0, 0.1) is 0 Å². The molecule has 1 N–H and O–H groups in total. The molecule has 6 heteroatoms. The van der Waals surface area contributed by atoms with Crippen LogP contribution in [0.2, 0.25) is 10.0 Å². The fourth-order valence-electron chi connectivity index (χ4n) is 5.28. The van der Waals surface area contributed by atoms with Gasteiger partial charge in [-0.05, 0) is 55.0 Å². The lowest BCUT2D eigenvalue weighted by molar-refractivity contribution is -0.0713. The van der Waals surface area contributed by atoms with Crippen molar-refractivity contribution in [1.82, 2.24) is 14.9 Å². The zero-order chi connectivity index (χ0) is 20.7. The van der Waals surface area contributed by atoms with E-state index in [9.17, 15) is 5.11 Å². The highest BCUT2D eigenvalue weighted by Gasteiger charge is 2.52. The summed E-state index contributed by atoms with van der Waals surface area (Å²) in [5, 5.41) is 12.9. The first-order valence-corrected chi connectivity index (χ1v) is 11.1. The summed E-state index contributed by atoms with van der Waals surface area (Å²) in [5.41, 5.74) is 1.09. The average Bonchev–Trinajstić information content (AvgIpc) is 3.02. The monoisotopic (exact) mass is 439 g/mol. The summed E-state index contributed by atoms with van der Waals surface area (Å²) < 4.78 is 0. The van der Waals surface area contributed by atoms with Gasteiger partial charge in [0.1, 0.15) is 5.60 Å². The molecule has 0 radical (unpaired) electrons. The van der Waals surface area contributed by atoms with Crippen molar-refractivity contribution in [1.29, 1.82) is 0 Å². The molecule has 0 amide bonds. The van der Waals surface area contributed by atoms with Gasteiger partial charge in [0.25, 0.3) is 0 Å². The van der Waals surface area contributed by atoms with Gasteiger partial charge in [-0.1, -0.05) is 59.6 Å². The van der Waals surface area contributed by atoms with Gasteiger partial charge in [0.2, 0.25) is 0 Å². The average molecular weight is 440 g/mol. The maximum absolute atomic E-state index is 11.5. The number of piperidine rings is 1. The van der Waals surface area contributed by atoms with Crippen molar-refractivity contribution >= 4 is 23.2 Å². The molecule has 2 aliphatic rings. The van der Waals surface area contributed by atoms with E-state index in [-0.39, 0.29) is 18.1 Å². The minimum absolute atomic E-state index is 0.0638. The van der Waals surface area contributed by atoms with Crippen LogP contribution in [0.15, 0.2) is 67.0 Å². The van der Waals surface area contributed by atoms with Gasteiger partial charge in [-0.3, -0.25) is 4.90 Å². The van der Waals surface area contributed by atoms with Crippen LogP contribution in [0.25, 0.3) is 0 Å². The molecule has 0 spiro atoms. The molecule has 0 saturated carbocycles. The lowest BCUT2D eigenvalue weighted by Crippen LogP contribution is -2.51. The van der Waals surface area contributed by atoms with E-state index in [1.54, 1.807) is 18.5 Å². The van der Waals surface area contributed by atoms with E-state index < -0.39 is 5.60 Å². The van der Waals surface area contributed by atoms with Crippen molar-refractivity contribution < 1.29 is 5.11 Å². The molecule has 30 heavy (non-hydrogen) atoms. The lowest BCUT2D eigenvalue weighted by Gasteiger charge is -2.47. The second kappa shape index (κ2) is 7.93. The van der Waals surface area contributed by atoms with E-state index in [1.807, 2.05) is 36.4 Å². The van der Waals surface area contributed by atoms with Crippen molar-refractivity contribution in [2.45, 2.75) is 49.4 Å². The number of hydrogen-bond donors (Lipinski definition) is 1. The Hall–Kier alpha value is -1.98. The van der Waals surface area contributed by atoms with Crippen LogP contribution in [-0.4, -0.2) is 32.1 Å². The summed E-state index contributed by atoms with van der Waals surface area (Å²) >= 11 is 13.3. The standard InChI is InChI=1S/C24H23Cl2N3O/c25-20-8-3-1-6-18(20)22(19-7-2-4-9-21(19)26)29-16-10-11-17(29)15-24(30,14-16)23-27-12-5-13-28-23/h1-9,12-13,16-17,22,30H,10-11,14-15H2/t16-,17+,24?. The minimum atomic E-state index is -1.00. The van der Waals surface area contributed by atoms with Crippen LogP contribution < -0.4 is 0 Å². The molecule has 3 heterocycles. The summed E-state index contributed by atoms with van der Waals surface area (Å²) in [7, 11) is 0. The molecule has 2 aromatic carbocycles. The number of aliphatic hydroxyl groups is 1. The Bertz CT molecular complexity index is 986. The maximum atomic E-state index is 11.5. The number of fused-ring (bicyclic) bond motifs is 2. The molecule has 0 aliphatic carbocycles. The van der Waals surface area contributed by atoms with Gasteiger partial charge in [0, 0.05) is 34.5 Å². The normalized spacial score (nSPS) is 26.3. The molecular formula is C24H23Cl2N3O. The highest BCUT2D eigenvalue weighted by Crippen LogP contribution is 2.51. The number of rotatable bonds is 4. The highest BCUT2D eigenvalue weighted by molar-refractivity contribution is 6.32. The van der Waals surface area contributed by atoms with Gasteiger partial charge in [-0.15, -0.1) is 0 Å². The van der Waals surface area contributed by atoms with E-state index in [4.69, 9.17) is 23.2 Å². The van der Waals surface area contributed by atoms with Crippen molar-refractivity contribution in [3.63, 3.8) is 0 Å².